The van der Waals surface area contributed by atoms with Crippen molar-refractivity contribution in [3.8, 4) is 0 Å². The Morgan fingerprint density at radius 2 is 2.10 bits per heavy atom. The summed E-state index contributed by atoms with van der Waals surface area (Å²) in [5.41, 5.74) is 1.31. The van der Waals surface area contributed by atoms with Crippen LogP contribution in [0, 0.1) is 0 Å². The molecule has 3 nitrogen and oxygen atoms in total. The zero-order chi connectivity index (χ0) is 14.7. The number of carbonyl (C=O) groups excluding carboxylic acids is 1. The third-order valence-corrected chi connectivity index (χ3v) is 5.15. The number of hydrogen-bond donors (Lipinski definition) is 1. The molecule has 0 saturated heterocycles. The molecule has 1 amide bonds. The first kappa shape index (κ1) is 14.5. The fourth-order valence-electron chi connectivity index (χ4n) is 3.09. The summed E-state index contributed by atoms with van der Waals surface area (Å²) >= 11 is 1.77. The number of carbonyl (C=O) groups is 1. The van der Waals surface area contributed by atoms with Crippen molar-refractivity contribution in [3.05, 3.63) is 35.2 Å². The fourth-order valence-corrected chi connectivity index (χ4v) is 4.04. The smallest absolute Gasteiger partial charge is 0.234 e. The second-order valence-corrected chi connectivity index (χ2v) is 6.89. The number of amides is 1. The van der Waals surface area contributed by atoms with E-state index in [1.54, 1.807) is 11.3 Å². The van der Waals surface area contributed by atoms with Gasteiger partial charge in [-0.1, -0.05) is 31.0 Å². The predicted molar refractivity (Wildman–Crippen MR) is 88.6 cm³/mol. The van der Waals surface area contributed by atoms with E-state index < -0.39 is 0 Å². The highest BCUT2D eigenvalue weighted by atomic mass is 32.1. The second kappa shape index (κ2) is 6.58. The molecule has 3 rings (SSSR count). The van der Waals surface area contributed by atoms with E-state index in [-0.39, 0.29) is 5.91 Å². The van der Waals surface area contributed by atoms with E-state index in [0.717, 1.165) is 19.4 Å². The first-order valence-corrected chi connectivity index (χ1v) is 8.53. The van der Waals surface area contributed by atoms with Crippen LogP contribution < -0.4 is 5.32 Å². The van der Waals surface area contributed by atoms with Crippen LogP contribution in [0.5, 0.6) is 0 Å². The van der Waals surface area contributed by atoms with Crippen molar-refractivity contribution in [3.63, 3.8) is 0 Å². The number of nitrogens with one attached hydrogen (secondary N) is 1. The van der Waals surface area contributed by atoms with E-state index >= 15 is 0 Å². The van der Waals surface area contributed by atoms with E-state index in [1.807, 2.05) is 7.05 Å². The van der Waals surface area contributed by atoms with Gasteiger partial charge in [0.2, 0.25) is 5.91 Å². The van der Waals surface area contributed by atoms with Gasteiger partial charge in [-0.05, 0) is 42.3 Å². The summed E-state index contributed by atoms with van der Waals surface area (Å²) in [6, 6.07) is 8.87. The Bertz CT molecular complexity index is 616. The van der Waals surface area contributed by atoms with E-state index in [2.05, 4.69) is 39.9 Å². The highest BCUT2D eigenvalue weighted by molar-refractivity contribution is 7.17. The third kappa shape index (κ3) is 3.63. The second-order valence-electron chi connectivity index (χ2n) is 5.98. The molecule has 0 radical (unpaired) electrons. The van der Waals surface area contributed by atoms with Gasteiger partial charge in [-0.25, -0.2) is 0 Å². The largest absolute Gasteiger partial charge is 0.352 e. The molecule has 1 saturated carbocycles. The molecular weight excluding hydrogens is 280 g/mol. The molecule has 1 aliphatic rings. The molecule has 0 unspecified atom stereocenters. The van der Waals surface area contributed by atoms with E-state index in [4.69, 9.17) is 0 Å². The lowest BCUT2D eigenvalue weighted by atomic mass is 10.1. The number of thiophene rings is 1. The molecule has 1 fully saturated rings. The van der Waals surface area contributed by atoms with Gasteiger partial charge in [0.15, 0.2) is 0 Å². The minimum Gasteiger partial charge on any atom is -0.352 e. The van der Waals surface area contributed by atoms with Gasteiger partial charge in [0, 0.05) is 17.3 Å². The first-order valence-electron chi connectivity index (χ1n) is 7.65. The van der Waals surface area contributed by atoms with Gasteiger partial charge in [-0.15, -0.1) is 11.3 Å². The Kier molecular flexibility index (Phi) is 4.56. The van der Waals surface area contributed by atoms with Gasteiger partial charge in [0.1, 0.15) is 0 Å². The van der Waals surface area contributed by atoms with E-state index in [9.17, 15) is 4.79 Å². The summed E-state index contributed by atoms with van der Waals surface area (Å²) in [5, 5.41) is 6.66. The minimum atomic E-state index is 0.156. The molecule has 2 aromatic rings. The maximum Gasteiger partial charge on any atom is 0.234 e. The summed E-state index contributed by atoms with van der Waals surface area (Å²) in [5.74, 6) is 0.156. The van der Waals surface area contributed by atoms with Crippen LogP contribution >= 0.6 is 11.3 Å². The summed E-state index contributed by atoms with van der Waals surface area (Å²) in [7, 11) is 2.01. The lowest BCUT2D eigenvalue weighted by Gasteiger charge is -2.18. The highest BCUT2D eigenvalue weighted by Gasteiger charge is 2.18. The van der Waals surface area contributed by atoms with E-state index in [1.165, 1.54) is 28.5 Å². The maximum absolute atomic E-state index is 12.1. The summed E-state index contributed by atoms with van der Waals surface area (Å²) in [6.45, 7) is 1.29. The average molecular weight is 302 g/mol. The summed E-state index contributed by atoms with van der Waals surface area (Å²) in [6.07, 6.45) is 4.79. The topological polar surface area (TPSA) is 32.3 Å². The molecule has 1 aromatic carbocycles. The number of rotatable bonds is 5. The normalized spacial score (nSPS) is 15.9. The molecule has 1 aromatic heterocycles. The number of benzene rings is 1. The molecule has 1 heterocycles. The highest BCUT2D eigenvalue weighted by Crippen LogP contribution is 2.26. The van der Waals surface area contributed by atoms with Crippen molar-refractivity contribution < 1.29 is 4.79 Å². The molecule has 1 N–H and O–H groups in total. The number of fused-ring (bicyclic) bond motifs is 1. The fraction of sp³-hybridized carbons (Fsp3) is 0.471. The average Bonchev–Trinajstić information content (AvgIpc) is 3.09. The Balaban J connectivity index is 1.56. The standard InChI is InChI=1S/C17H22N2OS/c1-19(11-17(20)18-14-6-2-3-7-14)10-13-12-21-16-9-5-4-8-15(13)16/h4-5,8-9,12,14H,2-3,6-7,10-11H2,1H3,(H,18,20). The van der Waals surface area contributed by atoms with Crippen molar-refractivity contribution in [1.29, 1.82) is 0 Å². The molecule has 0 spiro atoms. The molecule has 1 aliphatic carbocycles. The van der Waals surface area contributed by atoms with Gasteiger partial charge < -0.3 is 5.32 Å². The summed E-state index contributed by atoms with van der Waals surface area (Å²) < 4.78 is 1.32. The zero-order valence-corrected chi connectivity index (χ0v) is 13.3. The first-order chi connectivity index (χ1) is 10.2. The lowest BCUT2D eigenvalue weighted by Crippen LogP contribution is -2.39. The Hall–Kier alpha value is -1.39. The van der Waals surface area contributed by atoms with Gasteiger partial charge in [-0.3, -0.25) is 9.69 Å². The van der Waals surface area contributed by atoms with Crippen LogP contribution in [0.4, 0.5) is 0 Å². The molecular formula is C17H22N2OS. The van der Waals surface area contributed by atoms with Gasteiger partial charge in [0.25, 0.3) is 0 Å². The van der Waals surface area contributed by atoms with Crippen molar-refractivity contribution >= 4 is 27.3 Å². The number of likely N-dealkylation sites (N-methyl/N-ethyl adjacent to an activating group) is 1. The van der Waals surface area contributed by atoms with Crippen LogP contribution in [-0.2, 0) is 11.3 Å². The lowest BCUT2D eigenvalue weighted by molar-refractivity contribution is -0.122. The van der Waals surface area contributed by atoms with E-state index in [0.29, 0.717) is 12.6 Å². The SMILES string of the molecule is CN(CC(=O)NC1CCCC1)Cc1csc2ccccc12. The van der Waals surface area contributed by atoms with Crippen LogP contribution in [0.1, 0.15) is 31.2 Å². The molecule has 4 heteroatoms. The maximum atomic E-state index is 12.1. The summed E-state index contributed by atoms with van der Waals surface area (Å²) in [4.78, 5) is 14.1. The van der Waals surface area contributed by atoms with Crippen molar-refractivity contribution in [2.75, 3.05) is 13.6 Å². The molecule has 0 bridgehead atoms. The molecule has 0 atom stereocenters. The van der Waals surface area contributed by atoms with Crippen molar-refractivity contribution in [2.45, 2.75) is 38.3 Å². The third-order valence-electron chi connectivity index (χ3n) is 4.14. The van der Waals surface area contributed by atoms with Gasteiger partial charge in [0.05, 0.1) is 6.54 Å². The predicted octanol–water partition coefficient (Wildman–Crippen LogP) is 3.39. The minimum absolute atomic E-state index is 0.156. The quantitative estimate of drug-likeness (QED) is 0.918. The van der Waals surface area contributed by atoms with Gasteiger partial charge in [-0.2, -0.15) is 0 Å². The monoisotopic (exact) mass is 302 g/mol. The molecule has 21 heavy (non-hydrogen) atoms. The van der Waals surface area contributed by atoms with Crippen LogP contribution in [0.3, 0.4) is 0 Å². The zero-order valence-electron chi connectivity index (χ0n) is 12.5. The number of nitrogens with zero attached hydrogens (tertiary/aromatic N) is 1. The number of hydrogen-bond acceptors (Lipinski definition) is 3. The van der Waals surface area contributed by atoms with Crippen LogP contribution in [0.2, 0.25) is 0 Å². The van der Waals surface area contributed by atoms with Crippen LogP contribution in [0.15, 0.2) is 29.6 Å². The Labute approximate surface area is 130 Å². The Morgan fingerprint density at radius 1 is 1.33 bits per heavy atom. The molecule has 112 valence electrons. The van der Waals surface area contributed by atoms with Crippen LogP contribution in [-0.4, -0.2) is 30.4 Å². The van der Waals surface area contributed by atoms with Gasteiger partial charge >= 0.3 is 0 Å². The molecule has 0 aliphatic heterocycles. The van der Waals surface area contributed by atoms with Crippen molar-refractivity contribution in [2.24, 2.45) is 0 Å². The van der Waals surface area contributed by atoms with Crippen LogP contribution in [0.25, 0.3) is 10.1 Å². The Morgan fingerprint density at radius 3 is 2.90 bits per heavy atom. The van der Waals surface area contributed by atoms with Crippen molar-refractivity contribution in [1.82, 2.24) is 10.2 Å².